The van der Waals surface area contributed by atoms with E-state index in [4.69, 9.17) is 13.9 Å². The molecule has 1 aliphatic heterocycles. The van der Waals surface area contributed by atoms with Gasteiger partial charge in [0.2, 0.25) is 6.29 Å². The molecule has 0 N–H and O–H groups in total. The van der Waals surface area contributed by atoms with E-state index in [1.807, 2.05) is 0 Å². The van der Waals surface area contributed by atoms with Gasteiger partial charge in [0, 0.05) is 24.6 Å². The second kappa shape index (κ2) is 6.01. The first-order valence-electron chi connectivity index (χ1n) is 7.40. The fourth-order valence-corrected chi connectivity index (χ4v) is 2.75. The number of hydrogen-bond acceptors (Lipinski definition) is 4. The molecule has 2 heterocycles. The average molecular weight is 343 g/mol. The van der Waals surface area contributed by atoms with Crippen molar-refractivity contribution in [2.45, 2.75) is 38.3 Å². The fraction of sp³-hybridized carbons (Fsp3) is 0.438. The van der Waals surface area contributed by atoms with Gasteiger partial charge in [0.05, 0.1) is 6.42 Å². The van der Waals surface area contributed by atoms with E-state index in [1.54, 1.807) is 31.2 Å². The Hall–Kier alpha value is -2.22. The number of rotatable bonds is 4. The molecule has 3 rings (SSSR count). The predicted octanol–water partition coefficient (Wildman–Crippen LogP) is 4.25. The molecule has 1 aromatic carbocycles. The molecule has 1 fully saturated rings. The first-order valence-corrected chi connectivity index (χ1v) is 7.40. The zero-order valence-electron chi connectivity index (χ0n) is 13.1. The van der Waals surface area contributed by atoms with Crippen molar-refractivity contribution in [3.8, 4) is 0 Å². The Kier molecular flexibility index (Phi) is 4.16. The van der Waals surface area contributed by atoms with E-state index in [-0.39, 0.29) is 18.2 Å². The number of fused-ring (bicyclic) bond motifs is 1. The van der Waals surface area contributed by atoms with Crippen LogP contribution in [0.3, 0.4) is 0 Å². The summed E-state index contributed by atoms with van der Waals surface area (Å²) in [7, 11) is 1.45. The predicted molar refractivity (Wildman–Crippen MR) is 79.8 cm³/mol. The minimum absolute atomic E-state index is 0.221. The molecule has 1 aliphatic rings. The van der Waals surface area contributed by atoms with Crippen LogP contribution in [0.25, 0.3) is 11.0 Å². The molecule has 8 heteroatoms. The lowest BCUT2D eigenvalue weighted by molar-refractivity contribution is -0.134. The van der Waals surface area contributed by atoms with Crippen LogP contribution in [0.4, 0.5) is 23.7 Å². The number of aryl methyl sites for hydroxylation is 1. The first kappa shape index (κ1) is 16.6. The van der Waals surface area contributed by atoms with Gasteiger partial charge >= 0.3 is 12.3 Å². The number of ether oxygens (including phenoxy) is 2. The van der Waals surface area contributed by atoms with Crippen LogP contribution in [0.1, 0.15) is 19.1 Å². The highest BCUT2D eigenvalue weighted by molar-refractivity contribution is 5.93. The van der Waals surface area contributed by atoms with Crippen molar-refractivity contribution >= 4 is 22.7 Å². The summed E-state index contributed by atoms with van der Waals surface area (Å²) in [6, 6.07) is 6.21. The summed E-state index contributed by atoms with van der Waals surface area (Å²) in [6.45, 7) is 1.79. The molecule has 2 aromatic rings. The summed E-state index contributed by atoms with van der Waals surface area (Å²) >= 11 is 0. The van der Waals surface area contributed by atoms with Crippen molar-refractivity contribution in [2.75, 3.05) is 12.0 Å². The summed E-state index contributed by atoms with van der Waals surface area (Å²) in [6.07, 6.45) is -6.59. The average Bonchev–Trinajstić information content (AvgIpc) is 3.04. The number of halogens is 3. The van der Waals surface area contributed by atoms with Gasteiger partial charge in [0.25, 0.3) is 0 Å². The van der Waals surface area contributed by atoms with Gasteiger partial charge in [-0.15, -0.1) is 0 Å². The third-order valence-corrected chi connectivity index (χ3v) is 3.93. The number of carbonyl (C=O) groups is 1. The van der Waals surface area contributed by atoms with E-state index < -0.39 is 25.0 Å². The highest BCUT2D eigenvalue weighted by atomic mass is 19.4. The second-order valence-corrected chi connectivity index (χ2v) is 5.65. The number of cyclic esters (lactones) is 1. The molecule has 2 atom stereocenters. The maximum atomic E-state index is 12.3. The van der Waals surface area contributed by atoms with Crippen molar-refractivity contribution in [1.29, 1.82) is 0 Å². The van der Waals surface area contributed by atoms with Crippen molar-refractivity contribution in [3.63, 3.8) is 0 Å². The first-order chi connectivity index (χ1) is 11.3. The van der Waals surface area contributed by atoms with Gasteiger partial charge in [-0.05, 0) is 31.2 Å². The van der Waals surface area contributed by atoms with E-state index in [2.05, 4.69) is 0 Å². The maximum Gasteiger partial charge on any atom is 0.417 e. The Morgan fingerprint density at radius 2 is 2.04 bits per heavy atom. The summed E-state index contributed by atoms with van der Waals surface area (Å²) in [4.78, 5) is 13.4. The molecule has 0 aliphatic carbocycles. The van der Waals surface area contributed by atoms with Crippen LogP contribution in [0, 0.1) is 0 Å². The maximum absolute atomic E-state index is 12.3. The molecular weight excluding hydrogens is 327 g/mol. The third kappa shape index (κ3) is 3.19. The van der Waals surface area contributed by atoms with Crippen LogP contribution < -0.4 is 4.90 Å². The van der Waals surface area contributed by atoms with Gasteiger partial charge < -0.3 is 13.9 Å². The number of nitrogens with zero attached hydrogens (tertiary/aromatic N) is 1. The molecule has 1 saturated heterocycles. The zero-order chi connectivity index (χ0) is 17.5. The molecule has 2 unspecified atom stereocenters. The SMILES string of the molecule is COC1OC(=O)N(c2ccc3oc(CCC(F)(F)F)cc3c2)C1C. The molecule has 0 saturated carbocycles. The molecule has 24 heavy (non-hydrogen) atoms. The summed E-state index contributed by atoms with van der Waals surface area (Å²) in [5.41, 5.74) is 1.04. The standard InChI is InChI=1S/C16H16F3NO4/c1-9-14(22-2)24-15(21)20(9)11-3-4-13-10(7-11)8-12(23-13)5-6-16(17,18)19/h3-4,7-9,14H,5-6H2,1-2H3. The lowest BCUT2D eigenvalue weighted by Gasteiger charge is -2.19. The lowest BCUT2D eigenvalue weighted by Crippen LogP contribution is -2.34. The number of furan rings is 1. The summed E-state index contributed by atoms with van der Waals surface area (Å²) in [5.74, 6) is 0.256. The second-order valence-electron chi connectivity index (χ2n) is 5.65. The fourth-order valence-electron chi connectivity index (χ4n) is 2.75. The van der Waals surface area contributed by atoms with Gasteiger partial charge in [-0.1, -0.05) is 0 Å². The molecule has 130 valence electrons. The zero-order valence-corrected chi connectivity index (χ0v) is 13.1. The number of hydrogen-bond donors (Lipinski definition) is 0. The summed E-state index contributed by atoms with van der Waals surface area (Å²) < 4.78 is 52.5. The Morgan fingerprint density at radius 3 is 2.67 bits per heavy atom. The van der Waals surface area contributed by atoms with Gasteiger partial charge in [0.1, 0.15) is 17.4 Å². The van der Waals surface area contributed by atoms with E-state index in [9.17, 15) is 18.0 Å². The van der Waals surface area contributed by atoms with Gasteiger partial charge in [0.15, 0.2) is 0 Å². The van der Waals surface area contributed by atoms with E-state index >= 15 is 0 Å². The number of carbonyl (C=O) groups excluding carboxylic acids is 1. The number of anilines is 1. The topological polar surface area (TPSA) is 51.9 Å². The van der Waals surface area contributed by atoms with Crippen LogP contribution in [0.5, 0.6) is 0 Å². The van der Waals surface area contributed by atoms with Crippen molar-refractivity contribution < 1.29 is 31.9 Å². The minimum atomic E-state index is -4.23. The highest BCUT2D eigenvalue weighted by Crippen LogP contribution is 2.32. The Morgan fingerprint density at radius 1 is 1.29 bits per heavy atom. The quantitative estimate of drug-likeness (QED) is 0.833. The van der Waals surface area contributed by atoms with E-state index in [0.717, 1.165) is 0 Å². The van der Waals surface area contributed by atoms with Gasteiger partial charge in [-0.3, -0.25) is 4.90 Å². The number of methoxy groups -OCH3 is 1. The molecule has 1 amide bonds. The van der Waals surface area contributed by atoms with Crippen LogP contribution >= 0.6 is 0 Å². The Labute approximate surface area is 135 Å². The molecule has 0 bridgehead atoms. The van der Waals surface area contributed by atoms with Crippen molar-refractivity contribution in [3.05, 3.63) is 30.0 Å². The van der Waals surface area contributed by atoms with Crippen LogP contribution in [0.2, 0.25) is 0 Å². The molecular formula is C16H16F3NO4. The monoisotopic (exact) mass is 343 g/mol. The van der Waals surface area contributed by atoms with E-state index in [1.165, 1.54) is 12.0 Å². The third-order valence-electron chi connectivity index (χ3n) is 3.93. The largest absolute Gasteiger partial charge is 0.461 e. The Balaban J connectivity index is 1.85. The minimum Gasteiger partial charge on any atom is -0.461 e. The van der Waals surface area contributed by atoms with E-state index in [0.29, 0.717) is 16.7 Å². The molecule has 5 nitrogen and oxygen atoms in total. The van der Waals surface area contributed by atoms with Crippen LogP contribution in [-0.2, 0) is 15.9 Å². The molecule has 0 spiro atoms. The lowest BCUT2D eigenvalue weighted by atomic mass is 10.2. The van der Waals surface area contributed by atoms with Gasteiger partial charge in [-0.2, -0.15) is 13.2 Å². The Bertz CT molecular complexity index is 755. The van der Waals surface area contributed by atoms with Crippen molar-refractivity contribution in [2.24, 2.45) is 0 Å². The highest BCUT2D eigenvalue weighted by Gasteiger charge is 2.40. The molecule has 1 aromatic heterocycles. The number of benzene rings is 1. The smallest absolute Gasteiger partial charge is 0.417 e. The van der Waals surface area contributed by atoms with Gasteiger partial charge in [-0.25, -0.2) is 4.79 Å². The van der Waals surface area contributed by atoms with Crippen molar-refractivity contribution in [1.82, 2.24) is 0 Å². The van der Waals surface area contributed by atoms with Crippen LogP contribution in [-0.4, -0.2) is 31.7 Å². The summed E-state index contributed by atoms with van der Waals surface area (Å²) in [5, 5.41) is 0.630. The normalized spacial score (nSPS) is 21.5. The molecule has 0 radical (unpaired) electrons. The number of alkyl halides is 3. The number of amides is 1. The van der Waals surface area contributed by atoms with Crippen LogP contribution in [0.15, 0.2) is 28.7 Å².